The van der Waals surface area contributed by atoms with E-state index in [1.54, 1.807) is 0 Å². The van der Waals surface area contributed by atoms with Gasteiger partial charge in [0.2, 0.25) is 0 Å². The largest absolute Gasteiger partial charge is 0.627 e. The molecule has 0 aromatic carbocycles. The molecule has 0 radical (unpaired) electrons. The van der Waals surface area contributed by atoms with Crippen molar-refractivity contribution in [2.45, 2.75) is 26.7 Å². The molecular weight excluding hydrogens is 126 g/mol. The molecule has 1 heterocycles. The lowest BCUT2D eigenvalue weighted by atomic mass is 10.3. The molecule has 10 heavy (non-hydrogen) atoms. The average Bonchev–Trinajstić information content (AvgIpc) is 2.64. The van der Waals surface area contributed by atoms with Crippen LogP contribution in [0, 0.1) is 5.21 Å². The lowest BCUT2D eigenvalue weighted by Gasteiger charge is -2.23. The van der Waals surface area contributed by atoms with Gasteiger partial charge in [-0.15, -0.1) is 0 Å². The Morgan fingerprint density at radius 2 is 2.10 bits per heavy atom. The molecular formula is C8H15NO. The fourth-order valence-corrected chi connectivity index (χ4v) is 1.21. The summed E-state index contributed by atoms with van der Waals surface area (Å²) >= 11 is 0. The van der Waals surface area contributed by atoms with Crippen molar-refractivity contribution >= 4 is 0 Å². The number of quaternary nitrogens is 1. The van der Waals surface area contributed by atoms with Crippen LogP contribution >= 0.6 is 0 Å². The highest BCUT2D eigenvalue weighted by molar-refractivity contribution is 4.95. The van der Waals surface area contributed by atoms with E-state index in [2.05, 4.69) is 19.9 Å². The molecule has 1 aliphatic heterocycles. The maximum Gasteiger partial charge on any atom is 0.133 e. The topological polar surface area (TPSA) is 23.1 Å². The maximum absolute atomic E-state index is 11.4. The van der Waals surface area contributed by atoms with E-state index >= 15 is 0 Å². The molecule has 0 atom stereocenters. The van der Waals surface area contributed by atoms with Crippen LogP contribution in [0.4, 0.5) is 0 Å². The fourth-order valence-electron chi connectivity index (χ4n) is 1.21. The number of hydrogen-bond acceptors (Lipinski definition) is 1. The van der Waals surface area contributed by atoms with E-state index < -0.39 is 0 Å². The van der Waals surface area contributed by atoms with E-state index in [0.29, 0.717) is 0 Å². The second-order valence-electron chi connectivity index (χ2n) is 2.79. The van der Waals surface area contributed by atoms with Crippen LogP contribution in [0.5, 0.6) is 0 Å². The third kappa shape index (κ3) is 1.39. The van der Waals surface area contributed by atoms with Crippen molar-refractivity contribution in [2.75, 3.05) is 13.1 Å². The molecule has 58 valence electrons. The first-order valence-electron chi connectivity index (χ1n) is 4.00. The van der Waals surface area contributed by atoms with Gasteiger partial charge in [-0.25, -0.2) is 0 Å². The molecule has 0 aromatic heterocycles. The molecule has 0 amide bonds. The summed E-state index contributed by atoms with van der Waals surface area (Å²) in [6.07, 6.45) is 3.97. The first kappa shape index (κ1) is 7.76. The lowest BCUT2D eigenvalue weighted by molar-refractivity contribution is -0.701. The Morgan fingerprint density at radius 3 is 2.40 bits per heavy atom. The molecule has 1 rings (SSSR count). The zero-order valence-electron chi connectivity index (χ0n) is 6.76. The summed E-state index contributed by atoms with van der Waals surface area (Å²) in [6.45, 7) is 5.74. The van der Waals surface area contributed by atoms with E-state index in [0.717, 1.165) is 31.6 Å². The second kappa shape index (κ2) is 2.72. The van der Waals surface area contributed by atoms with Gasteiger partial charge in [-0.1, -0.05) is 13.8 Å². The second-order valence-corrected chi connectivity index (χ2v) is 2.79. The van der Waals surface area contributed by atoms with Crippen LogP contribution in [0.2, 0.25) is 0 Å². The minimum atomic E-state index is -0.0235. The number of allylic oxidation sites excluding steroid dienone is 2. The van der Waals surface area contributed by atoms with Crippen molar-refractivity contribution < 1.29 is 4.65 Å². The van der Waals surface area contributed by atoms with E-state index in [1.165, 1.54) is 0 Å². The van der Waals surface area contributed by atoms with Crippen molar-refractivity contribution in [3.8, 4) is 0 Å². The van der Waals surface area contributed by atoms with Gasteiger partial charge in [-0.3, -0.25) is 0 Å². The fraction of sp³-hybridized carbons (Fsp3) is 0.750. The quantitative estimate of drug-likeness (QED) is 0.335. The highest BCUT2D eigenvalue weighted by atomic mass is 16.6. The lowest BCUT2D eigenvalue weighted by Crippen LogP contribution is -2.15. The van der Waals surface area contributed by atoms with Gasteiger partial charge in [0.05, 0.1) is 0 Å². The monoisotopic (exact) mass is 141 g/mol. The van der Waals surface area contributed by atoms with Crippen molar-refractivity contribution in [3.63, 3.8) is 0 Å². The van der Waals surface area contributed by atoms with Gasteiger partial charge >= 0.3 is 0 Å². The first-order chi connectivity index (χ1) is 4.73. The Kier molecular flexibility index (Phi) is 2.11. The summed E-state index contributed by atoms with van der Waals surface area (Å²) in [7, 11) is 0. The van der Waals surface area contributed by atoms with Crippen LogP contribution in [0.15, 0.2) is 11.8 Å². The van der Waals surface area contributed by atoms with Gasteiger partial charge in [0, 0.05) is 6.42 Å². The van der Waals surface area contributed by atoms with Crippen LogP contribution in [0.25, 0.3) is 0 Å². The number of nitrogens with zero attached hydrogens (tertiary/aromatic N) is 1. The molecule has 0 N–H and O–H groups in total. The zero-order valence-corrected chi connectivity index (χ0v) is 6.76. The molecule has 0 aromatic rings. The Morgan fingerprint density at radius 1 is 1.50 bits per heavy atom. The summed E-state index contributed by atoms with van der Waals surface area (Å²) < 4.78 is -0.0235. The zero-order chi connectivity index (χ0) is 7.61. The van der Waals surface area contributed by atoms with Crippen molar-refractivity contribution in [1.82, 2.24) is 0 Å². The maximum atomic E-state index is 11.4. The smallest absolute Gasteiger partial charge is 0.133 e. The van der Waals surface area contributed by atoms with E-state index in [9.17, 15) is 5.21 Å². The summed E-state index contributed by atoms with van der Waals surface area (Å²) in [5, 5.41) is 11.4. The predicted molar refractivity (Wildman–Crippen MR) is 42.0 cm³/mol. The van der Waals surface area contributed by atoms with Crippen molar-refractivity contribution in [2.24, 2.45) is 0 Å². The van der Waals surface area contributed by atoms with Gasteiger partial charge < -0.3 is 9.85 Å². The normalized spacial score (nSPS) is 22.9. The average molecular weight is 141 g/mol. The molecule has 0 unspecified atom stereocenters. The number of hydrogen-bond donors (Lipinski definition) is 0. The van der Waals surface area contributed by atoms with Crippen molar-refractivity contribution in [3.05, 3.63) is 17.0 Å². The Hall–Kier alpha value is -0.340. The van der Waals surface area contributed by atoms with Crippen LogP contribution < -0.4 is 0 Å². The summed E-state index contributed by atoms with van der Waals surface area (Å²) in [5.41, 5.74) is 1.07. The number of hydroxylamine groups is 3. The molecule has 0 spiro atoms. The molecule has 0 saturated carbocycles. The molecule has 1 aliphatic rings. The number of rotatable bonds is 3. The van der Waals surface area contributed by atoms with Gasteiger partial charge in [-0.05, 0) is 12.5 Å². The minimum Gasteiger partial charge on any atom is -0.627 e. The van der Waals surface area contributed by atoms with Gasteiger partial charge in [0.1, 0.15) is 18.8 Å². The Labute approximate surface area is 62.3 Å². The molecule has 2 nitrogen and oxygen atoms in total. The van der Waals surface area contributed by atoms with Gasteiger partial charge in [0.15, 0.2) is 0 Å². The molecule has 0 bridgehead atoms. The minimum absolute atomic E-state index is 0.0235. The molecule has 1 fully saturated rings. The molecule has 0 aliphatic carbocycles. The van der Waals surface area contributed by atoms with Crippen LogP contribution in [0.3, 0.4) is 0 Å². The SMILES string of the molecule is CC/C=C(/CC)[N+]1([O-])CC1. The van der Waals surface area contributed by atoms with Gasteiger partial charge in [-0.2, -0.15) is 0 Å². The standard InChI is InChI=1S/C8H15NO/c1-3-5-8(4-2)9(10)6-7-9/h5H,3-4,6-7H2,1-2H3/b8-5-. The van der Waals surface area contributed by atoms with Crippen LogP contribution in [-0.2, 0) is 0 Å². The Bertz CT molecular complexity index is 147. The summed E-state index contributed by atoms with van der Waals surface area (Å²) in [4.78, 5) is 0. The van der Waals surface area contributed by atoms with Crippen LogP contribution in [-0.4, -0.2) is 17.7 Å². The summed E-state index contributed by atoms with van der Waals surface area (Å²) in [6, 6.07) is 0. The summed E-state index contributed by atoms with van der Waals surface area (Å²) in [5.74, 6) is 0. The predicted octanol–water partition coefficient (Wildman–Crippen LogP) is 2.02. The highest BCUT2D eigenvalue weighted by Gasteiger charge is 2.35. The molecule has 2 heteroatoms. The third-order valence-corrected chi connectivity index (χ3v) is 1.96. The molecule has 1 saturated heterocycles. The Balaban J connectivity index is 2.56. The van der Waals surface area contributed by atoms with E-state index in [4.69, 9.17) is 0 Å². The first-order valence-corrected chi connectivity index (χ1v) is 4.00. The highest BCUT2D eigenvalue weighted by Crippen LogP contribution is 2.29. The van der Waals surface area contributed by atoms with E-state index in [-0.39, 0.29) is 4.65 Å². The third-order valence-electron chi connectivity index (χ3n) is 1.96. The van der Waals surface area contributed by atoms with Crippen LogP contribution in [0.1, 0.15) is 26.7 Å². The van der Waals surface area contributed by atoms with Gasteiger partial charge in [0.25, 0.3) is 0 Å². The van der Waals surface area contributed by atoms with Crippen molar-refractivity contribution in [1.29, 1.82) is 0 Å². The van der Waals surface area contributed by atoms with E-state index in [1.807, 2.05) is 0 Å².